The van der Waals surface area contributed by atoms with Gasteiger partial charge in [0.05, 0.1) is 10.7 Å². The number of nitrogens with one attached hydrogen (secondary N) is 2. The molecule has 16 heteroatoms. The van der Waals surface area contributed by atoms with Crippen molar-refractivity contribution in [2.75, 3.05) is 49.5 Å². The van der Waals surface area contributed by atoms with Crippen LogP contribution in [0.25, 0.3) is 21.9 Å². The Balaban J connectivity index is 0.704. The number of carbonyl (C=O) groups excluding carboxylic acids is 4. The number of piperidine rings is 3. The molecule has 14 nitrogen and oxygen atoms in total. The summed E-state index contributed by atoms with van der Waals surface area (Å²) in [6.07, 6.45) is 8.56. The summed E-state index contributed by atoms with van der Waals surface area (Å²) in [4.78, 5) is 68.6. The molecule has 5 aromatic rings. The Kier molecular flexibility index (Phi) is 10.9. The number of fused-ring (bicyclic) bond motifs is 3. The van der Waals surface area contributed by atoms with Crippen LogP contribution in [0.2, 0.25) is 5.02 Å². The molecule has 0 saturated carbocycles. The van der Waals surface area contributed by atoms with Crippen molar-refractivity contribution in [2.24, 2.45) is 5.92 Å². The van der Waals surface area contributed by atoms with Crippen LogP contribution in [0.3, 0.4) is 0 Å². The summed E-state index contributed by atoms with van der Waals surface area (Å²) < 4.78 is 17.0. The van der Waals surface area contributed by atoms with Crippen molar-refractivity contribution in [3.8, 4) is 11.1 Å². The van der Waals surface area contributed by atoms with Gasteiger partial charge in [-0.25, -0.2) is 9.37 Å². The Labute approximate surface area is 369 Å². The highest BCUT2D eigenvalue weighted by Gasteiger charge is 2.41. The molecule has 0 spiro atoms. The number of imide groups is 1. The highest BCUT2D eigenvalue weighted by Crippen LogP contribution is 2.40. The van der Waals surface area contributed by atoms with Crippen molar-refractivity contribution in [1.29, 1.82) is 0 Å². The predicted octanol–water partition coefficient (Wildman–Crippen LogP) is 6.17. The summed E-state index contributed by atoms with van der Waals surface area (Å²) in [5, 5.41) is 12.5. The van der Waals surface area contributed by atoms with Gasteiger partial charge in [-0.1, -0.05) is 11.6 Å². The lowest BCUT2D eigenvalue weighted by Crippen LogP contribution is -2.52. The number of benzene rings is 2. The first-order chi connectivity index (χ1) is 30.4. The summed E-state index contributed by atoms with van der Waals surface area (Å²) in [7, 11) is 0. The normalized spacial score (nSPS) is 20.3. The van der Waals surface area contributed by atoms with E-state index in [9.17, 15) is 19.2 Å². The lowest BCUT2D eigenvalue weighted by atomic mass is 9.94. The Morgan fingerprint density at radius 3 is 2.38 bits per heavy atom. The smallest absolute Gasteiger partial charge is 0.255 e. The molecule has 8 heterocycles. The third-order valence-corrected chi connectivity index (χ3v) is 14.2. The number of pyridine rings is 2. The van der Waals surface area contributed by atoms with Gasteiger partial charge >= 0.3 is 0 Å². The van der Waals surface area contributed by atoms with Crippen LogP contribution in [0.15, 0.2) is 54.9 Å². The zero-order valence-electron chi connectivity index (χ0n) is 35.5. The number of hydrogen-bond donors (Lipinski definition) is 2. The van der Waals surface area contributed by atoms with Gasteiger partial charge in [0.15, 0.2) is 5.82 Å². The predicted molar refractivity (Wildman–Crippen MR) is 237 cm³/mol. The Morgan fingerprint density at radius 1 is 0.794 bits per heavy atom. The average molecular weight is 873 g/mol. The maximum Gasteiger partial charge on any atom is 0.255 e. The molecule has 3 fully saturated rings. The average Bonchev–Trinajstić information content (AvgIpc) is 3.76. The second-order valence-electron chi connectivity index (χ2n) is 17.8. The van der Waals surface area contributed by atoms with E-state index in [1.165, 1.54) is 6.07 Å². The highest BCUT2D eigenvalue weighted by atomic mass is 35.5. The molecule has 5 aliphatic rings. The molecule has 0 radical (unpaired) electrons. The molecule has 0 bridgehead atoms. The van der Waals surface area contributed by atoms with E-state index in [1.807, 2.05) is 50.2 Å². The van der Waals surface area contributed by atoms with Gasteiger partial charge in [0.2, 0.25) is 17.7 Å². The van der Waals surface area contributed by atoms with Gasteiger partial charge in [0.1, 0.15) is 24.2 Å². The number of likely N-dealkylation sites (tertiary alicyclic amines) is 1. The van der Waals surface area contributed by atoms with E-state index in [1.54, 1.807) is 22.0 Å². The maximum absolute atomic E-state index is 15.2. The van der Waals surface area contributed by atoms with Crippen molar-refractivity contribution >= 4 is 63.3 Å². The van der Waals surface area contributed by atoms with Crippen molar-refractivity contribution in [2.45, 2.75) is 84.0 Å². The summed E-state index contributed by atoms with van der Waals surface area (Å²) in [6, 6.07) is 12.5. The largest absolute Gasteiger partial charge is 0.370 e. The summed E-state index contributed by atoms with van der Waals surface area (Å²) >= 11 is 6.98. The monoisotopic (exact) mass is 872 g/mol. The van der Waals surface area contributed by atoms with Gasteiger partial charge in [0, 0.05) is 122 Å². The maximum atomic E-state index is 15.2. The van der Waals surface area contributed by atoms with Crippen LogP contribution in [-0.4, -0.2) is 109 Å². The minimum Gasteiger partial charge on any atom is -0.370 e. The minimum absolute atomic E-state index is 0.0896. The van der Waals surface area contributed by atoms with Gasteiger partial charge in [0.25, 0.3) is 5.91 Å². The van der Waals surface area contributed by atoms with Crippen LogP contribution < -0.4 is 15.5 Å². The number of aryl methyl sites for hydroxylation is 2. The zero-order chi connectivity index (χ0) is 43.5. The van der Waals surface area contributed by atoms with Crippen LogP contribution in [0, 0.1) is 25.6 Å². The van der Waals surface area contributed by atoms with Gasteiger partial charge in [-0.05, 0) is 99.2 Å². The standard InChI is InChI=1S/C47H50ClFN10O4/c1-27-17-28(2)50-23-36(27)35-18-30-20-41(51-22-31(30)19-38(35)49)52-42-21-33-11-16-57(44(61)26-59(33)54-42)32-9-12-55(13-10-32)24-29-7-14-56(15-8-29)39-4-3-34-37(45(39)48)25-58(47(34)63)40-5-6-43(60)53-46(40)62/h3-4,17-23,29,32,40H,5-16,24-26H2,1-2H3,(H,51,52,54)(H,53,60,62). The fourth-order valence-corrected chi connectivity index (χ4v) is 10.7. The second-order valence-corrected chi connectivity index (χ2v) is 18.2. The first-order valence-corrected chi connectivity index (χ1v) is 22.4. The van der Waals surface area contributed by atoms with Crippen LogP contribution >= 0.6 is 11.6 Å². The van der Waals surface area contributed by atoms with Gasteiger partial charge in [-0.2, -0.15) is 5.10 Å². The number of nitrogens with zero attached hydrogens (tertiary/aromatic N) is 8. The highest BCUT2D eigenvalue weighted by molar-refractivity contribution is 6.35. The molecule has 63 heavy (non-hydrogen) atoms. The minimum atomic E-state index is -0.671. The number of amides is 4. The number of anilines is 3. The Hall–Kier alpha value is -5.93. The molecule has 326 valence electrons. The molecule has 2 N–H and O–H groups in total. The van der Waals surface area contributed by atoms with Gasteiger partial charge < -0.3 is 24.9 Å². The molecule has 1 atom stereocenters. The van der Waals surface area contributed by atoms with Crippen molar-refractivity contribution in [3.63, 3.8) is 0 Å². The molecule has 1 unspecified atom stereocenters. The fraction of sp³-hybridized carbons (Fsp3) is 0.426. The molecule has 5 aliphatic heterocycles. The van der Waals surface area contributed by atoms with E-state index in [2.05, 4.69) is 35.3 Å². The van der Waals surface area contributed by atoms with Crippen LogP contribution in [0.4, 0.5) is 21.7 Å². The molecule has 3 aromatic heterocycles. The second kappa shape index (κ2) is 16.6. The molecule has 2 aromatic carbocycles. The lowest BCUT2D eigenvalue weighted by Gasteiger charge is -2.41. The van der Waals surface area contributed by atoms with E-state index in [0.717, 1.165) is 97.6 Å². The van der Waals surface area contributed by atoms with Crippen molar-refractivity contribution in [3.05, 3.63) is 93.8 Å². The molecule has 10 rings (SSSR count). The van der Waals surface area contributed by atoms with Gasteiger partial charge in [-0.3, -0.25) is 34.2 Å². The quantitative estimate of drug-likeness (QED) is 0.174. The molecular weight excluding hydrogens is 823 g/mol. The van der Waals surface area contributed by atoms with Crippen LogP contribution in [-0.2, 0) is 33.9 Å². The van der Waals surface area contributed by atoms with E-state index >= 15 is 4.39 Å². The van der Waals surface area contributed by atoms with Crippen LogP contribution in [0.1, 0.15) is 71.4 Å². The number of aromatic nitrogens is 4. The molecule has 0 aliphatic carbocycles. The SMILES string of the molecule is Cc1cc(C)c(-c2cc3cc(Nc4cc5n(n4)CC(=O)N(C4CCN(CC6CCN(c7ccc8c(c7Cl)CN(C7CCC(=O)NC7=O)C8=O)CC6)CC4)CC5)ncc3cc2F)cn1. The number of carbonyl (C=O) groups is 4. The van der Waals surface area contributed by atoms with E-state index in [4.69, 9.17) is 16.7 Å². The lowest BCUT2D eigenvalue weighted by molar-refractivity contribution is -0.137. The fourth-order valence-electron chi connectivity index (χ4n) is 10.3. The van der Waals surface area contributed by atoms with E-state index in [0.29, 0.717) is 58.5 Å². The van der Waals surface area contributed by atoms with E-state index < -0.39 is 11.9 Å². The van der Waals surface area contributed by atoms with Gasteiger partial charge in [-0.15, -0.1) is 0 Å². The van der Waals surface area contributed by atoms with E-state index in [-0.39, 0.29) is 49.1 Å². The zero-order valence-corrected chi connectivity index (χ0v) is 36.3. The molecular formula is C47H50ClFN10O4. The Morgan fingerprint density at radius 2 is 1.60 bits per heavy atom. The third kappa shape index (κ3) is 8.01. The number of rotatable bonds is 8. The summed E-state index contributed by atoms with van der Waals surface area (Å²) in [5.41, 5.74) is 6.29. The summed E-state index contributed by atoms with van der Waals surface area (Å²) in [5.74, 6) is 0.571. The third-order valence-electron chi connectivity index (χ3n) is 13.8. The number of hydrogen-bond acceptors (Lipinski definition) is 10. The van der Waals surface area contributed by atoms with Crippen molar-refractivity contribution in [1.82, 2.24) is 39.8 Å². The summed E-state index contributed by atoms with van der Waals surface area (Å²) in [6.45, 7) is 9.65. The Bertz CT molecular complexity index is 2670. The molecule has 4 amide bonds. The number of halogens is 2. The first kappa shape index (κ1) is 41.1. The molecule has 3 saturated heterocycles. The van der Waals surface area contributed by atoms with Crippen LogP contribution in [0.5, 0.6) is 0 Å². The topological polar surface area (TPSA) is 149 Å². The first-order valence-electron chi connectivity index (χ1n) is 22.0. The van der Waals surface area contributed by atoms with Crippen molar-refractivity contribution < 1.29 is 23.6 Å².